The molecule has 0 bridgehead atoms. The number of rotatable bonds is 4. The van der Waals surface area contributed by atoms with Crippen molar-refractivity contribution in [3.63, 3.8) is 0 Å². The van der Waals surface area contributed by atoms with Gasteiger partial charge in [0.25, 0.3) is 0 Å². The van der Waals surface area contributed by atoms with Crippen molar-refractivity contribution in [2.45, 2.75) is 26.9 Å². The monoisotopic (exact) mass is 329 g/mol. The van der Waals surface area contributed by atoms with Gasteiger partial charge < -0.3 is 4.74 Å². The van der Waals surface area contributed by atoms with Crippen LogP contribution in [0.3, 0.4) is 0 Å². The average molecular weight is 330 g/mol. The van der Waals surface area contributed by atoms with Crippen LogP contribution in [-0.2, 0) is 13.0 Å². The number of aromatic nitrogens is 1. The molecule has 0 saturated carbocycles. The van der Waals surface area contributed by atoms with Gasteiger partial charge in [0.05, 0.1) is 10.5 Å². The van der Waals surface area contributed by atoms with Crippen LogP contribution in [0.15, 0.2) is 42.5 Å². The number of aryl methyl sites for hydroxylation is 2. The predicted octanol–water partition coefficient (Wildman–Crippen LogP) is 5.48. The first-order chi connectivity index (χ1) is 11.1. The number of halogens is 2. The summed E-state index contributed by atoms with van der Waals surface area (Å²) in [6.45, 7) is 4.48. The Morgan fingerprint density at radius 2 is 1.96 bits per heavy atom. The number of fused-ring (bicyclic) bond motifs is 1. The van der Waals surface area contributed by atoms with Gasteiger partial charge in [0.15, 0.2) is 0 Å². The second-order valence-corrected chi connectivity index (χ2v) is 5.89. The fourth-order valence-electron chi connectivity index (χ4n) is 2.53. The van der Waals surface area contributed by atoms with E-state index in [-0.39, 0.29) is 5.02 Å². The summed E-state index contributed by atoms with van der Waals surface area (Å²) < 4.78 is 18.9. The zero-order valence-electron chi connectivity index (χ0n) is 13.1. The average Bonchev–Trinajstić information content (AvgIpc) is 2.55. The van der Waals surface area contributed by atoms with E-state index in [4.69, 9.17) is 16.3 Å². The maximum atomic E-state index is 13.2. The highest BCUT2D eigenvalue weighted by atomic mass is 35.5. The Bertz CT molecular complexity index is 863. The molecule has 0 amide bonds. The molecule has 2 aromatic carbocycles. The van der Waals surface area contributed by atoms with Crippen LogP contribution < -0.4 is 4.74 Å². The lowest BCUT2D eigenvalue weighted by atomic mass is 10.1. The minimum atomic E-state index is -0.424. The number of pyridine rings is 1. The van der Waals surface area contributed by atoms with Crippen molar-refractivity contribution >= 4 is 22.5 Å². The third kappa shape index (κ3) is 3.45. The second-order valence-electron chi connectivity index (χ2n) is 5.48. The van der Waals surface area contributed by atoms with Crippen LogP contribution in [0.5, 0.6) is 5.75 Å². The SMILES string of the molecule is CCc1cc2ccc(OCc3ccc(F)c(Cl)c3)cc2nc1C. The quantitative estimate of drug-likeness (QED) is 0.632. The van der Waals surface area contributed by atoms with Crippen LogP contribution in [0.1, 0.15) is 23.7 Å². The van der Waals surface area contributed by atoms with E-state index in [1.807, 2.05) is 25.1 Å². The standard InChI is InChI=1S/C19H17ClFNO/c1-3-14-9-15-5-6-16(10-19(15)22-12(14)2)23-11-13-4-7-18(21)17(20)8-13/h4-10H,3,11H2,1-2H3. The van der Waals surface area contributed by atoms with E-state index in [1.165, 1.54) is 11.6 Å². The highest BCUT2D eigenvalue weighted by Crippen LogP contribution is 2.23. The molecule has 0 aliphatic carbocycles. The van der Waals surface area contributed by atoms with E-state index in [0.717, 1.165) is 34.3 Å². The van der Waals surface area contributed by atoms with E-state index in [9.17, 15) is 4.39 Å². The Morgan fingerprint density at radius 1 is 1.13 bits per heavy atom. The largest absolute Gasteiger partial charge is 0.489 e. The summed E-state index contributed by atoms with van der Waals surface area (Å²) in [5.41, 5.74) is 4.03. The van der Waals surface area contributed by atoms with Gasteiger partial charge >= 0.3 is 0 Å². The molecule has 0 atom stereocenters. The van der Waals surface area contributed by atoms with Gasteiger partial charge in [-0.2, -0.15) is 0 Å². The van der Waals surface area contributed by atoms with Crippen molar-refractivity contribution in [1.82, 2.24) is 4.98 Å². The molecule has 3 rings (SSSR count). The Morgan fingerprint density at radius 3 is 2.70 bits per heavy atom. The lowest BCUT2D eigenvalue weighted by Crippen LogP contribution is -1.97. The first-order valence-corrected chi connectivity index (χ1v) is 7.91. The smallest absolute Gasteiger partial charge is 0.141 e. The van der Waals surface area contributed by atoms with Crippen LogP contribution in [0, 0.1) is 12.7 Å². The Balaban J connectivity index is 1.81. The molecular weight excluding hydrogens is 313 g/mol. The predicted molar refractivity (Wildman–Crippen MR) is 91.6 cm³/mol. The number of hydrogen-bond donors (Lipinski definition) is 0. The van der Waals surface area contributed by atoms with Gasteiger partial charge in [-0.3, -0.25) is 4.98 Å². The van der Waals surface area contributed by atoms with Gasteiger partial charge in [0, 0.05) is 17.1 Å². The number of benzene rings is 2. The molecule has 0 saturated heterocycles. The van der Waals surface area contributed by atoms with Crippen molar-refractivity contribution in [3.8, 4) is 5.75 Å². The molecule has 1 heterocycles. The van der Waals surface area contributed by atoms with Crippen molar-refractivity contribution in [1.29, 1.82) is 0 Å². The second kappa shape index (κ2) is 6.55. The fourth-order valence-corrected chi connectivity index (χ4v) is 2.73. The van der Waals surface area contributed by atoms with Crippen LogP contribution in [0.2, 0.25) is 5.02 Å². The highest BCUT2D eigenvalue weighted by Gasteiger charge is 2.05. The summed E-state index contributed by atoms with van der Waals surface area (Å²) in [5.74, 6) is 0.307. The Labute approximate surface area is 139 Å². The van der Waals surface area contributed by atoms with E-state index in [2.05, 4.69) is 18.0 Å². The third-order valence-corrected chi connectivity index (χ3v) is 4.14. The Kier molecular flexibility index (Phi) is 4.49. The van der Waals surface area contributed by atoms with Crippen molar-refractivity contribution in [2.24, 2.45) is 0 Å². The summed E-state index contributed by atoms with van der Waals surface area (Å²) in [6.07, 6.45) is 0.971. The third-order valence-electron chi connectivity index (χ3n) is 3.85. The molecule has 0 spiro atoms. The number of ether oxygens (including phenoxy) is 1. The maximum Gasteiger partial charge on any atom is 0.141 e. The zero-order chi connectivity index (χ0) is 16.4. The molecule has 118 valence electrons. The highest BCUT2D eigenvalue weighted by molar-refractivity contribution is 6.30. The first kappa shape index (κ1) is 15.8. The summed E-state index contributed by atoms with van der Waals surface area (Å²) in [4.78, 5) is 4.64. The van der Waals surface area contributed by atoms with Gasteiger partial charge in [-0.1, -0.05) is 24.6 Å². The molecule has 1 aromatic heterocycles. The van der Waals surface area contributed by atoms with E-state index in [0.29, 0.717) is 6.61 Å². The number of hydrogen-bond acceptors (Lipinski definition) is 2. The summed E-state index contributed by atoms with van der Waals surface area (Å²) >= 11 is 5.78. The van der Waals surface area contributed by atoms with Gasteiger partial charge in [0.1, 0.15) is 18.2 Å². The van der Waals surface area contributed by atoms with Crippen LogP contribution in [0.25, 0.3) is 10.9 Å². The van der Waals surface area contributed by atoms with Gasteiger partial charge in [-0.25, -0.2) is 4.39 Å². The van der Waals surface area contributed by atoms with E-state index < -0.39 is 5.82 Å². The molecule has 0 N–H and O–H groups in total. The van der Waals surface area contributed by atoms with Crippen molar-refractivity contribution in [3.05, 3.63) is 70.1 Å². The topological polar surface area (TPSA) is 22.1 Å². The molecule has 2 nitrogen and oxygen atoms in total. The summed E-state index contributed by atoms with van der Waals surface area (Å²) in [7, 11) is 0. The minimum Gasteiger partial charge on any atom is -0.489 e. The summed E-state index contributed by atoms with van der Waals surface area (Å²) in [5, 5.41) is 1.21. The number of nitrogens with zero attached hydrogens (tertiary/aromatic N) is 1. The lowest BCUT2D eigenvalue weighted by molar-refractivity contribution is 0.306. The molecule has 0 radical (unpaired) electrons. The molecule has 4 heteroatoms. The van der Waals surface area contributed by atoms with Crippen LogP contribution >= 0.6 is 11.6 Å². The van der Waals surface area contributed by atoms with E-state index >= 15 is 0 Å². The fraction of sp³-hybridized carbons (Fsp3) is 0.211. The molecule has 0 aliphatic rings. The van der Waals surface area contributed by atoms with Gasteiger partial charge in [-0.05, 0) is 54.8 Å². The summed E-state index contributed by atoms with van der Waals surface area (Å²) in [6, 6.07) is 12.6. The minimum absolute atomic E-state index is 0.106. The molecule has 0 unspecified atom stereocenters. The molecule has 3 aromatic rings. The van der Waals surface area contributed by atoms with Gasteiger partial charge in [0.2, 0.25) is 0 Å². The molecule has 0 aliphatic heterocycles. The van der Waals surface area contributed by atoms with Crippen molar-refractivity contribution < 1.29 is 9.13 Å². The van der Waals surface area contributed by atoms with Gasteiger partial charge in [-0.15, -0.1) is 0 Å². The molecule has 0 fully saturated rings. The first-order valence-electron chi connectivity index (χ1n) is 7.54. The molecule has 23 heavy (non-hydrogen) atoms. The van der Waals surface area contributed by atoms with Crippen LogP contribution in [0.4, 0.5) is 4.39 Å². The van der Waals surface area contributed by atoms with Crippen LogP contribution in [-0.4, -0.2) is 4.98 Å². The molecular formula is C19H17ClFNO. The van der Waals surface area contributed by atoms with E-state index in [1.54, 1.807) is 12.1 Å². The lowest BCUT2D eigenvalue weighted by Gasteiger charge is -2.09. The normalized spacial score (nSPS) is 11.0. The zero-order valence-corrected chi connectivity index (χ0v) is 13.8. The Hall–Kier alpha value is -2.13. The maximum absolute atomic E-state index is 13.2. The van der Waals surface area contributed by atoms with Crippen molar-refractivity contribution in [2.75, 3.05) is 0 Å².